The van der Waals surface area contributed by atoms with Gasteiger partial charge in [0.15, 0.2) is 0 Å². The van der Waals surface area contributed by atoms with Gasteiger partial charge in [-0.1, -0.05) is 23.8 Å². The largest absolute Gasteiger partial charge is 0.673 e. The van der Waals surface area contributed by atoms with Crippen molar-refractivity contribution in [2.75, 3.05) is 13.7 Å². The zero-order valence-corrected chi connectivity index (χ0v) is 25.1. The van der Waals surface area contributed by atoms with Gasteiger partial charge in [0.2, 0.25) is 11.0 Å². The molecule has 0 atom stereocenters. The number of esters is 1. The van der Waals surface area contributed by atoms with Crippen LogP contribution in [0.15, 0.2) is 101 Å². The van der Waals surface area contributed by atoms with E-state index in [-0.39, 0.29) is 13.0 Å². The number of hydrogen-bond donors (Lipinski definition) is 1. The highest BCUT2D eigenvalue weighted by Crippen LogP contribution is 2.25. The van der Waals surface area contributed by atoms with Gasteiger partial charge in [0.05, 0.1) is 36.1 Å². The standard InChI is InChI=1S/C34H26N2O6.BF4/c1-21-7-16-30-28(19-21)29(20-31(42-30)22-8-12-24(40-2)13-9-22)35-23-10-14-25(15-11-23)41-32(37)17-18-36-33(38)26-5-3-4-6-27(26)34(36)39;2-1(3,4)5/h3-16,19-20H,17-18H2,1-2H3;/q;-1/p+1. The predicted molar refractivity (Wildman–Crippen MR) is 165 cm³/mol. The Morgan fingerprint density at radius 2 is 1.43 bits per heavy atom. The summed E-state index contributed by atoms with van der Waals surface area (Å²) >= 11 is 0. The Kier molecular flexibility index (Phi) is 9.55. The van der Waals surface area contributed by atoms with Crippen LogP contribution in [0.2, 0.25) is 0 Å². The van der Waals surface area contributed by atoms with E-state index >= 15 is 0 Å². The van der Waals surface area contributed by atoms with Crippen LogP contribution in [0.25, 0.3) is 22.3 Å². The first kappa shape index (κ1) is 32.7. The SMILES string of the molecule is COc1ccc(-c2cc(=[NH+]c3ccc(OC(=O)CCN4C(=O)c5ccccc5C4=O)cc3)c3cc(C)ccc3o2)cc1.F[B-](F)(F)F. The van der Waals surface area contributed by atoms with E-state index in [1.54, 1.807) is 43.5 Å². The number of imide groups is 1. The van der Waals surface area contributed by atoms with Crippen molar-refractivity contribution in [2.24, 2.45) is 0 Å². The van der Waals surface area contributed by atoms with Crippen molar-refractivity contribution < 1.29 is 50.5 Å². The Morgan fingerprint density at radius 3 is 2.02 bits per heavy atom. The summed E-state index contributed by atoms with van der Waals surface area (Å²) in [5.41, 5.74) is 4.23. The fraction of sp³-hybridized carbons (Fsp3) is 0.118. The van der Waals surface area contributed by atoms with Crippen LogP contribution in [0.3, 0.4) is 0 Å². The maximum absolute atomic E-state index is 12.5. The summed E-state index contributed by atoms with van der Waals surface area (Å²) < 4.78 is 56.0. The van der Waals surface area contributed by atoms with Gasteiger partial charge >= 0.3 is 13.2 Å². The summed E-state index contributed by atoms with van der Waals surface area (Å²) in [5, 5.41) is 1.78. The molecule has 6 rings (SSSR count). The summed E-state index contributed by atoms with van der Waals surface area (Å²) in [4.78, 5) is 42.1. The molecule has 2 amide bonds. The lowest BCUT2D eigenvalue weighted by Gasteiger charge is -2.13. The second-order valence-electron chi connectivity index (χ2n) is 10.4. The van der Waals surface area contributed by atoms with Crippen molar-refractivity contribution in [1.29, 1.82) is 0 Å². The fourth-order valence-electron chi connectivity index (χ4n) is 4.89. The number of rotatable bonds is 7. The lowest BCUT2D eigenvalue weighted by molar-refractivity contribution is -0.400. The Hall–Kier alpha value is -5.72. The predicted octanol–water partition coefficient (Wildman–Crippen LogP) is 5.62. The van der Waals surface area contributed by atoms with Crippen LogP contribution in [0.5, 0.6) is 11.5 Å². The van der Waals surface area contributed by atoms with E-state index < -0.39 is 25.0 Å². The van der Waals surface area contributed by atoms with Gasteiger partial charge in [-0.05, 0) is 67.6 Å². The number of carbonyl (C=O) groups excluding carboxylic acids is 3. The summed E-state index contributed by atoms with van der Waals surface area (Å²) in [5.74, 6) is 0.479. The van der Waals surface area contributed by atoms with E-state index in [4.69, 9.17) is 13.9 Å². The van der Waals surface area contributed by atoms with Crippen molar-refractivity contribution in [2.45, 2.75) is 13.3 Å². The quantitative estimate of drug-likeness (QED) is 0.0811. The topological polar surface area (TPSA) is 100 Å². The normalized spacial score (nSPS) is 12.9. The number of nitrogens with zero attached hydrogens (tertiary/aromatic N) is 1. The van der Waals surface area contributed by atoms with Crippen LogP contribution < -0.4 is 19.8 Å². The van der Waals surface area contributed by atoms with Gasteiger partial charge in [0, 0.05) is 24.2 Å². The van der Waals surface area contributed by atoms with Gasteiger partial charge in [0.25, 0.3) is 11.8 Å². The summed E-state index contributed by atoms with van der Waals surface area (Å²) in [6.45, 7) is 1.98. The molecule has 0 aliphatic carbocycles. The molecule has 1 N–H and O–H groups in total. The lowest BCUT2D eigenvalue weighted by Crippen LogP contribution is -2.70. The summed E-state index contributed by atoms with van der Waals surface area (Å²) in [6, 6.07) is 29.3. The zero-order valence-electron chi connectivity index (χ0n) is 25.1. The number of benzene rings is 4. The molecule has 47 heavy (non-hydrogen) atoms. The molecule has 1 aliphatic heterocycles. The molecule has 240 valence electrons. The number of carbonyl (C=O) groups is 3. The van der Waals surface area contributed by atoms with Crippen molar-refractivity contribution >= 4 is 41.7 Å². The fourth-order valence-corrected chi connectivity index (χ4v) is 4.89. The molecule has 0 bridgehead atoms. The molecule has 0 unspecified atom stereocenters. The maximum atomic E-state index is 12.5. The first-order chi connectivity index (χ1) is 22.4. The molecule has 0 fully saturated rings. The molecule has 8 nitrogen and oxygen atoms in total. The average molecular weight is 646 g/mol. The molecule has 13 heteroatoms. The van der Waals surface area contributed by atoms with Gasteiger partial charge in [0.1, 0.15) is 22.8 Å². The van der Waals surface area contributed by atoms with Crippen molar-refractivity contribution in [3.05, 3.63) is 119 Å². The van der Waals surface area contributed by atoms with Crippen LogP contribution >= 0.6 is 0 Å². The van der Waals surface area contributed by atoms with E-state index in [2.05, 4.69) is 11.1 Å². The first-order valence-corrected chi connectivity index (χ1v) is 14.3. The number of nitrogens with one attached hydrogen (secondary N) is 1. The molecule has 5 aromatic rings. The van der Waals surface area contributed by atoms with Gasteiger partial charge in [-0.25, -0.2) is 4.99 Å². The first-order valence-electron chi connectivity index (χ1n) is 14.3. The highest BCUT2D eigenvalue weighted by atomic mass is 19.5. The maximum Gasteiger partial charge on any atom is 0.673 e. The van der Waals surface area contributed by atoms with Gasteiger partial charge in [-0.15, -0.1) is 0 Å². The van der Waals surface area contributed by atoms with Crippen molar-refractivity contribution in [1.82, 2.24) is 4.90 Å². The molecule has 4 aromatic carbocycles. The molecule has 0 saturated heterocycles. The number of ether oxygens (including phenoxy) is 2. The number of hydrogen-bond acceptors (Lipinski definition) is 6. The number of methoxy groups -OCH3 is 1. The van der Waals surface area contributed by atoms with Gasteiger partial charge in [-0.3, -0.25) is 19.3 Å². The third kappa shape index (κ3) is 8.12. The number of fused-ring (bicyclic) bond motifs is 2. The summed E-state index contributed by atoms with van der Waals surface area (Å²) in [6.07, 6.45) is -0.113. The third-order valence-electron chi connectivity index (χ3n) is 7.08. The minimum atomic E-state index is -6.00. The smallest absolute Gasteiger partial charge is 0.497 e. The van der Waals surface area contributed by atoms with E-state index in [0.29, 0.717) is 22.6 Å². The molecule has 2 heterocycles. The molecular formula is C34H27BF4N2O6. The monoisotopic (exact) mass is 646 g/mol. The minimum Gasteiger partial charge on any atom is -0.497 e. The van der Waals surface area contributed by atoms with Crippen LogP contribution in [-0.4, -0.2) is 43.6 Å². The van der Waals surface area contributed by atoms with Crippen molar-refractivity contribution in [3.63, 3.8) is 0 Å². The Morgan fingerprint density at radius 1 is 0.830 bits per heavy atom. The van der Waals surface area contributed by atoms with E-state index in [1.807, 2.05) is 61.5 Å². The second kappa shape index (κ2) is 13.7. The third-order valence-corrected chi connectivity index (χ3v) is 7.08. The van der Waals surface area contributed by atoms with Crippen LogP contribution in [0.1, 0.15) is 32.7 Å². The van der Waals surface area contributed by atoms with Crippen LogP contribution in [-0.2, 0) is 4.79 Å². The Labute approximate surface area is 266 Å². The number of amides is 2. The van der Waals surface area contributed by atoms with E-state index in [0.717, 1.165) is 43.8 Å². The van der Waals surface area contributed by atoms with Crippen molar-refractivity contribution in [3.8, 4) is 22.8 Å². The van der Waals surface area contributed by atoms with E-state index in [1.165, 1.54) is 0 Å². The van der Waals surface area contributed by atoms with Crippen LogP contribution in [0, 0.1) is 6.92 Å². The molecule has 1 aliphatic rings. The Balaban J connectivity index is 0.000000807. The minimum absolute atomic E-state index is 0.0487. The molecule has 0 radical (unpaired) electrons. The molecule has 0 saturated carbocycles. The molecule has 1 aromatic heterocycles. The zero-order chi connectivity index (χ0) is 33.7. The highest BCUT2D eigenvalue weighted by molar-refractivity contribution is 6.50. The molecular weight excluding hydrogens is 619 g/mol. The van der Waals surface area contributed by atoms with E-state index in [9.17, 15) is 31.6 Å². The number of halogens is 4. The summed E-state index contributed by atoms with van der Waals surface area (Å²) in [7, 11) is -4.37. The lowest BCUT2D eigenvalue weighted by atomic mass is 10.1. The molecule has 0 spiro atoms. The number of aryl methyl sites for hydroxylation is 1. The second-order valence-corrected chi connectivity index (χ2v) is 10.4. The van der Waals surface area contributed by atoms with Crippen LogP contribution in [0.4, 0.5) is 23.0 Å². The average Bonchev–Trinajstić information content (AvgIpc) is 3.29. The highest BCUT2D eigenvalue weighted by Gasteiger charge is 2.35. The Bertz CT molecular complexity index is 1990. The van der Waals surface area contributed by atoms with Gasteiger partial charge in [-0.2, -0.15) is 0 Å². The van der Waals surface area contributed by atoms with Gasteiger partial charge < -0.3 is 31.2 Å².